The largest absolute Gasteiger partial charge is 0.351 e. The lowest BCUT2D eigenvalue weighted by atomic mass is 10.2. The van der Waals surface area contributed by atoms with E-state index in [1.807, 2.05) is 50.6 Å². The number of primary amides is 1. The summed E-state index contributed by atoms with van der Waals surface area (Å²) in [4.78, 5) is 22.5. The minimum Gasteiger partial charge on any atom is -0.351 e. The van der Waals surface area contributed by atoms with Crippen molar-refractivity contribution in [2.45, 2.75) is 23.9 Å². The van der Waals surface area contributed by atoms with Crippen molar-refractivity contribution < 1.29 is 4.79 Å². The molecule has 0 atom stereocenters. The number of nitrogens with zero attached hydrogens (tertiary/aromatic N) is 3. The van der Waals surface area contributed by atoms with E-state index >= 15 is 0 Å². The van der Waals surface area contributed by atoms with Crippen LogP contribution >= 0.6 is 23.5 Å². The van der Waals surface area contributed by atoms with Crippen LogP contribution < -0.4 is 10.6 Å². The van der Waals surface area contributed by atoms with Gasteiger partial charge < -0.3 is 5.73 Å². The normalized spacial score (nSPS) is 10.5. The quantitative estimate of drug-likeness (QED) is 0.862. The van der Waals surface area contributed by atoms with Crippen LogP contribution in [0.3, 0.4) is 0 Å². The minimum absolute atomic E-state index is 0.554. The van der Waals surface area contributed by atoms with Gasteiger partial charge in [-0.3, -0.25) is 4.90 Å². The highest BCUT2D eigenvalue weighted by molar-refractivity contribution is 7.99. The predicted molar refractivity (Wildman–Crippen MR) is 93.2 cm³/mol. The van der Waals surface area contributed by atoms with E-state index in [-0.39, 0.29) is 0 Å². The molecule has 0 fully saturated rings. The number of nitrogens with two attached hydrogens (primary N) is 1. The molecule has 0 saturated heterocycles. The average molecular weight is 334 g/mol. The number of pyridine rings is 2. The van der Waals surface area contributed by atoms with E-state index in [0.29, 0.717) is 11.4 Å². The van der Waals surface area contributed by atoms with Gasteiger partial charge >= 0.3 is 6.03 Å². The highest BCUT2D eigenvalue weighted by atomic mass is 32.2. The molecule has 0 aromatic carbocycles. The molecule has 2 aromatic heterocycles. The smallest absolute Gasteiger partial charge is 0.324 e. The third kappa shape index (κ3) is 3.36. The summed E-state index contributed by atoms with van der Waals surface area (Å²) in [5.41, 5.74) is 8.77. The van der Waals surface area contributed by atoms with Gasteiger partial charge in [-0.15, -0.1) is 23.5 Å². The van der Waals surface area contributed by atoms with Crippen molar-refractivity contribution in [3.63, 3.8) is 0 Å². The lowest BCUT2D eigenvalue weighted by Crippen LogP contribution is -2.32. The molecule has 0 aliphatic carbocycles. The Bertz CT molecular complexity index is 652. The Kier molecular flexibility index (Phi) is 5.31. The first-order valence-corrected chi connectivity index (χ1v) is 9.05. The van der Waals surface area contributed by atoms with E-state index in [0.717, 1.165) is 21.4 Å². The Morgan fingerprint density at radius 1 is 0.955 bits per heavy atom. The van der Waals surface area contributed by atoms with E-state index in [9.17, 15) is 4.79 Å². The molecule has 0 unspecified atom stereocenters. The van der Waals surface area contributed by atoms with Crippen molar-refractivity contribution in [2.24, 2.45) is 5.73 Å². The fraction of sp³-hybridized carbons (Fsp3) is 0.267. The number of hydrogen-bond donors (Lipinski definition) is 1. The molecule has 0 bridgehead atoms. The van der Waals surface area contributed by atoms with Gasteiger partial charge in [-0.05, 0) is 50.6 Å². The van der Waals surface area contributed by atoms with Crippen LogP contribution in [0, 0.1) is 13.8 Å². The first-order chi connectivity index (χ1) is 10.5. The van der Waals surface area contributed by atoms with Crippen molar-refractivity contribution in [1.29, 1.82) is 0 Å². The van der Waals surface area contributed by atoms with Gasteiger partial charge in [0.1, 0.15) is 10.1 Å². The summed E-state index contributed by atoms with van der Waals surface area (Å²) in [5.74, 6) is 0. The number of carbonyl (C=O) groups is 1. The first kappa shape index (κ1) is 16.6. The van der Waals surface area contributed by atoms with Gasteiger partial charge in [-0.25, -0.2) is 14.8 Å². The van der Waals surface area contributed by atoms with E-state index in [1.165, 1.54) is 28.4 Å². The van der Waals surface area contributed by atoms with Crippen LogP contribution in [-0.4, -0.2) is 28.5 Å². The summed E-state index contributed by atoms with van der Waals surface area (Å²) in [5, 5.41) is 1.51. The molecule has 2 amide bonds. The zero-order valence-corrected chi connectivity index (χ0v) is 14.6. The fourth-order valence-electron chi connectivity index (χ4n) is 2.06. The van der Waals surface area contributed by atoms with Crippen LogP contribution in [-0.2, 0) is 0 Å². The standard InChI is InChI=1S/C15H18N4OS2/c1-9-5-7-11(13(17-9)21-3)19(15(16)20)12-8-6-10(2)18-14(12)22-4/h5-8H,1-4H3,(H2,16,20). The molecule has 0 aliphatic heterocycles. The molecular weight excluding hydrogens is 316 g/mol. The monoisotopic (exact) mass is 334 g/mol. The van der Waals surface area contributed by atoms with Crippen LogP contribution in [0.5, 0.6) is 0 Å². The third-order valence-electron chi connectivity index (χ3n) is 3.05. The maximum atomic E-state index is 12.1. The van der Waals surface area contributed by atoms with Crippen LogP contribution in [0.1, 0.15) is 11.4 Å². The van der Waals surface area contributed by atoms with Crippen molar-refractivity contribution in [2.75, 3.05) is 17.4 Å². The number of aromatic nitrogens is 2. The van der Waals surface area contributed by atoms with E-state index < -0.39 is 6.03 Å². The number of anilines is 2. The molecule has 2 rings (SSSR count). The number of hydrogen-bond acceptors (Lipinski definition) is 5. The second-order valence-electron chi connectivity index (χ2n) is 4.64. The number of amides is 2. The van der Waals surface area contributed by atoms with Crippen LogP contribution in [0.15, 0.2) is 34.3 Å². The topological polar surface area (TPSA) is 72.1 Å². The zero-order chi connectivity index (χ0) is 16.3. The van der Waals surface area contributed by atoms with Gasteiger partial charge in [-0.1, -0.05) is 0 Å². The molecule has 5 nitrogen and oxygen atoms in total. The zero-order valence-electron chi connectivity index (χ0n) is 13.0. The van der Waals surface area contributed by atoms with Crippen molar-refractivity contribution in [3.05, 3.63) is 35.7 Å². The molecule has 0 aliphatic rings. The molecule has 0 saturated carbocycles. The first-order valence-electron chi connectivity index (χ1n) is 6.60. The number of urea groups is 1. The average Bonchev–Trinajstić information content (AvgIpc) is 2.49. The van der Waals surface area contributed by atoms with Gasteiger partial charge in [0.25, 0.3) is 0 Å². The summed E-state index contributed by atoms with van der Waals surface area (Å²) in [6.45, 7) is 3.83. The third-order valence-corrected chi connectivity index (χ3v) is 4.42. The van der Waals surface area contributed by atoms with Crippen LogP contribution in [0.25, 0.3) is 0 Å². The van der Waals surface area contributed by atoms with Crippen LogP contribution in [0.4, 0.5) is 16.2 Å². The Morgan fingerprint density at radius 2 is 1.36 bits per heavy atom. The SMILES string of the molecule is CSc1nc(C)ccc1N(C(N)=O)c1ccc(C)nc1SC. The molecule has 7 heteroatoms. The second-order valence-corrected chi connectivity index (χ2v) is 6.23. The van der Waals surface area contributed by atoms with E-state index in [2.05, 4.69) is 9.97 Å². The molecular formula is C15H18N4OS2. The number of rotatable bonds is 4. The Labute approximate surface area is 138 Å². The van der Waals surface area contributed by atoms with Gasteiger partial charge in [0, 0.05) is 11.4 Å². The summed E-state index contributed by atoms with van der Waals surface area (Å²) >= 11 is 2.96. The summed E-state index contributed by atoms with van der Waals surface area (Å²) in [6, 6.07) is 6.91. The Morgan fingerprint density at radius 3 is 1.68 bits per heavy atom. The molecule has 0 radical (unpaired) electrons. The molecule has 0 spiro atoms. The van der Waals surface area contributed by atoms with Gasteiger partial charge in [0.2, 0.25) is 0 Å². The molecule has 2 N–H and O–H groups in total. The van der Waals surface area contributed by atoms with Crippen LogP contribution in [0.2, 0.25) is 0 Å². The Hall–Kier alpha value is -1.73. The predicted octanol–water partition coefficient (Wildman–Crippen LogP) is 3.75. The fourth-order valence-corrected chi connectivity index (χ4v) is 3.27. The highest BCUT2D eigenvalue weighted by Crippen LogP contribution is 2.36. The minimum atomic E-state index is -0.554. The maximum Gasteiger partial charge on any atom is 0.324 e. The van der Waals surface area contributed by atoms with Crippen molar-refractivity contribution >= 4 is 40.9 Å². The number of thioether (sulfide) groups is 2. The number of aryl methyl sites for hydroxylation is 2. The molecule has 2 heterocycles. The molecule has 2 aromatic rings. The summed E-state index contributed by atoms with van der Waals surface area (Å²) in [7, 11) is 0. The van der Waals surface area contributed by atoms with Crippen molar-refractivity contribution in [1.82, 2.24) is 9.97 Å². The van der Waals surface area contributed by atoms with Gasteiger partial charge in [0.15, 0.2) is 0 Å². The van der Waals surface area contributed by atoms with E-state index in [1.54, 1.807) is 0 Å². The summed E-state index contributed by atoms with van der Waals surface area (Å²) < 4.78 is 0. The Balaban J connectivity index is 2.64. The van der Waals surface area contributed by atoms with Crippen molar-refractivity contribution in [3.8, 4) is 0 Å². The molecule has 116 valence electrons. The summed E-state index contributed by atoms with van der Waals surface area (Å²) in [6.07, 6.45) is 3.85. The van der Waals surface area contributed by atoms with Gasteiger partial charge in [-0.2, -0.15) is 0 Å². The number of carbonyl (C=O) groups excluding carboxylic acids is 1. The lowest BCUT2D eigenvalue weighted by Gasteiger charge is -2.24. The lowest BCUT2D eigenvalue weighted by molar-refractivity contribution is 0.256. The maximum absolute atomic E-state index is 12.1. The van der Waals surface area contributed by atoms with E-state index in [4.69, 9.17) is 5.73 Å². The highest BCUT2D eigenvalue weighted by Gasteiger charge is 2.22. The van der Waals surface area contributed by atoms with Gasteiger partial charge in [0.05, 0.1) is 11.4 Å². The second kappa shape index (κ2) is 7.02. The molecule has 22 heavy (non-hydrogen) atoms.